The number of thiocarbonyl (C=S) groups is 1. The predicted molar refractivity (Wildman–Crippen MR) is 96.7 cm³/mol. The SMILES string of the molecule is CCOC(=O)C1CC(COC(C)=O)C2C(SC(=S)OCC)CCC12. The lowest BCUT2D eigenvalue weighted by molar-refractivity contribution is -0.149. The molecule has 0 aromatic rings. The Morgan fingerprint density at radius 2 is 1.83 bits per heavy atom. The molecule has 136 valence electrons. The molecule has 7 heteroatoms. The minimum atomic E-state index is -0.279. The summed E-state index contributed by atoms with van der Waals surface area (Å²) in [5.74, 6) is 0.280. The summed E-state index contributed by atoms with van der Waals surface area (Å²) in [7, 11) is 0. The molecule has 2 fully saturated rings. The highest BCUT2D eigenvalue weighted by molar-refractivity contribution is 8.23. The Morgan fingerprint density at radius 1 is 1.12 bits per heavy atom. The molecule has 2 aliphatic rings. The third-order valence-corrected chi connectivity index (χ3v) is 6.50. The van der Waals surface area contributed by atoms with E-state index in [1.165, 1.54) is 6.92 Å². The number of hydrogen-bond acceptors (Lipinski definition) is 7. The Hall–Kier alpha value is -0.820. The van der Waals surface area contributed by atoms with E-state index in [1.807, 2.05) is 13.8 Å². The van der Waals surface area contributed by atoms with Gasteiger partial charge in [-0.3, -0.25) is 9.59 Å². The van der Waals surface area contributed by atoms with Gasteiger partial charge in [0.05, 0.1) is 25.7 Å². The second-order valence-corrected chi connectivity index (χ2v) is 8.16. The normalized spacial score (nSPS) is 31.4. The number of carbonyl (C=O) groups excluding carboxylic acids is 2. The van der Waals surface area contributed by atoms with Crippen molar-refractivity contribution in [1.29, 1.82) is 0 Å². The monoisotopic (exact) mass is 374 g/mol. The maximum atomic E-state index is 12.3. The Morgan fingerprint density at radius 3 is 2.46 bits per heavy atom. The maximum Gasteiger partial charge on any atom is 0.309 e. The summed E-state index contributed by atoms with van der Waals surface area (Å²) in [4.78, 5) is 23.5. The van der Waals surface area contributed by atoms with Gasteiger partial charge in [0, 0.05) is 12.2 Å². The molecule has 5 atom stereocenters. The Balaban J connectivity index is 2.09. The molecule has 0 bridgehead atoms. The van der Waals surface area contributed by atoms with Gasteiger partial charge in [-0.15, -0.1) is 0 Å². The van der Waals surface area contributed by atoms with Gasteiger partial charge in [-0.1, -0.05) is 11.8 Å². The molecule has 0 saturated heterocycles. The first-order valence-corrected chi connectivity index (χ1v) is 9.90. The molecule has 0 aromatic heterocycles. The fourth-order valence-corrected chi connectivity index (χ4v) is 5.89. The quantitative estimate of drug-likeness (QED) is 0.522. The zero-order valence-electron chi connectivity index (χ0n) is 14.5. The number of thioether (sulfide) groups is 1. The Bertz CT molecular complexity index is 482. The number of fused-ring (bicyclic) bond motifs is 1. The topological polar surface area (TPSA) is 61.8 Å². The van der Waals surface area contributed by atoms with Gasteiger partial charge in [0.2, 0.25) is 4.38 Å². The molecule has 0 aliphatic heterocycles. The molecule has 5 unspecified atom stereocenters. The standard InChI is InChI=1S/C17H26O5S2/c1-4-20-16(19)13-8-11(9-22-10(3)18)15-12(13)6-7-14(15)24-17(23)21-5-2/h11-15H,4-9H2,1-3H3. The van der Waals surface area contributed by atoms with Gasteiger partial charge in [0.25, 0.3) is 0 Å². The fourth-order valence-electron chi connectivity index (χ4n) is 4.13. The van der Waals surface area contributed by atoms with Crippen molar-refractivity contribution in [3.63, 3.8) is 0 Å². The van der Waals surface area contributed by atoms with Crippen LogP contribution in [0.25, 0.3) is 0 Å². The summed E-state index contributed by atoms with van der Waals surface area (Å²) in [6.07, 6.45) is 2.71. The van der Waals surface area contributed by atoms with Crippen LogP contribution in [0.4, 0.5) is 0 Å². The second kappa shape index (κ2) is 9.04. The van der Waals surface area contributed by atoms with Gasteiger partial charge >= 0.3 is 11.9 Å². The van der Waals surface area contributed by atoms with Crippen LogP contribution in [-0.4, -0.2) is 41.4 Å². The molecule has 2 aliphatic carbocycles. The van der Waals surface area contributed by atoms with Crippen LogP contribution < -0.4 is 0 Å². The van der Waals surface area contributed by atoms with E-state index in [-0.39, 0.29) is 29.7 Å². The lowest BCUT2D eigenvalue weighted by atomic mass is 9.90. The highest BCUT2D eigenvalue weighted by Gasteiger charge is 2.53. The largest absolute Gasteiger partial charge is 0.479 e. The van der Waals surface area contributed by atoms with Gasteiger partial charge in [0.15, 0.2) is 0 Å². The Kier molecular flexibility index (Phi) is 7.34. The van der Waals surface area contributed by atoms with E-state index in [4.69, 9.17) is 26.4 Å². The van der Waals surface area contributed by atoms with E-state index in [1.54, 1.807) is 11.8 Å². The maximum absolute atomic E-state index is 12.3. The van der Waals surface area contributed by atoms with E-state index in [9.17, 15) is 9.59 Å². The molecule has 2 rings (SSSR count). The molecular weight excluding hydrogens is 348 g/mol. The minimum absolute atomic E-state index is 0.0956. The summed E-state index contributed by atoms with van der Waals surface area (Å²) in [5.41, 5.74) is 0. The van der Waals surface area contributed by atoms with E-state index in [2.05, 4.69) is 0 Å². The Labute approximate surface area is 153 Å². The van der Waals surface area contributed by atoms with Crippen molar-refractivity contribution in [3.05, 3.63) is 0 Å². The van der Waals surface area contributed by atoms with Crippen LogP contribution in [0.1, 0.15) is 40.0 Å². The molecule has 2 saturated carbocycles. The molecule has 0 radical (unpaired) electrons. The van der Waals surface area contributed by atoms with E-state index in [0.29, 0.717) is 35.4 Å². The molecule has 0 aromatic carbocycles. The number of rotatable bonds is 6. The van der Waals surface area contributed by atoms with Crippen molar-refractivity contribution in [2.75, 3.05) is 19.8 Å². The average molecular weight is 375 g/mol. The van der Waals surface area contributed by atoms with Crippen molar-refractivity contribution in [1.82, 2.24) is 0 Å². The number of hydrogen-bond donors (Lipinski definition) is 0. The molecule has 0 amide bonds. The number of carbonyl (C=O) groups is 2. The number of esters is 2. The van der Waals surface area contributed by atoms with Crippen LogP contribution in [0.3, 0.4) is 0 Å². The van der Waals surface area contributed by atoms with Gasteiger partial charge < -0.3 is 14.2 Å². The smallest absolute Gasteiger partial charge is 0.309 e. The van der Waals surface area contributed by atoms with Crippen LogP contribution in [0.2, 0.25) is 0 Å². The molecule has 5 nitrogen and oxygen atoms in total. The van der Waals surface area contributed by atoms with E-state index < -0.39 is 0 Å². The summed E-state index contributed by atoms with van der Waals surface area (Å²) in [6.45, 7) is 6.49. The first-order chi connectivity index (χ1) is 11.5. The van der Waals surface area contributed by atoms with Gasteiger partial charge in [0.1, 0.15) is 0 Å². The highest BCUT2D eigenvalue weighted by atomic mass is 32.2. The third-order valence-electron chi connectivity index (χ3n) is 4.93. The van der Waals surface area contributed by atoms with Gasteiger partial charge in [-0.25, -0.2) is 0 Å². The summed E-state index contributed by atoms with van der Waals surface area (Å²) in [6, 6.07) is 0. The lowest BCUT2D eigenvalue weighted by Crippen LogP contribution is -2.26. The van der Waals surface area contributed by atoms with Crippen molar-refractivity contribution < 1.29 is 23.8 Å². The van der Waals surface area contributed by atoms with Crippen LogP contribution in [0.15, 0.2) is 0 Å². The van der Waals surface area contributed by atoms with E-state index in [0.717, 1.165) is 19.3 Å². The molecule has 0 spiro atoms. The van der Waals surface area contributed by atoms with Crippen molar-refractivity contribution in [2.45, 2.75) is 45.3 Å². The summed E-state index contributed by atoms with van der Waals surface area (Å²) >= 11 is 6.87. The van der Waals surface area contributed by atoms with Gasteiger partial charge in [-0.05, 0) is 63.1 Å². The fraction of sp³-hybridized carbons (Fsp3) is 0.824. The lowest BCUT2D eigenvalue weighted by Gasteiger charge is -2.24. The first kappa shape index (κ1) is 19.5. The van der Waals surface area contributed by atoms with Crippen LogP contribution in [0.5, 0.6) is 0 Å². The van der Waals surface area contributed by atoms with Crippen molar-refractivity contribution in [2.24, 2.45) is 23.7 Å². The average Bonchev–Trinajstić information content (AvgIpc) is 3.07. The molecule has 0 N–H and O–H groups in total. The van der Waals surface area contributed by atoms with Crippen molar-refractivity contribution >= 4 is 40.3 Å². The van der Waals surface area contributed by atoms with Crippen LogP contribution in [0, 0.1) is 23.7 Å². The second-order valence-electron chi connectivity index (χ2n) is 6.31. The molecule has 24 heavy (non-hydrogen) atoms. The summed E-state index contributed by atoms with van der Waals surface area (Å²) in [5, 5.41) is 0.314. The first-order valence-electron chi connectivity index (χ1n) is 8.61. The van der Waals surface area contributed by atoms with Crippen molar-refractivity contribution in [3.8, 4) is 0 Å². The highest BCUT2D eigenvalue weighted by Crippen LogP contribution is 2.55. The molecule has 0 heterocycles. The third kappa shape index (κ3) is 4.63. The zero-order chi connectivity index (χ0) is 17.7. The molecular formula is C17H26O5S2. The summed E-state index contributed by atoms with van der Waals surface area (Å²) < 4.78 is 16.5. The van der Waals surface area contributed by atoms with Crippen LogP contribution in [-0.2, 0) is 23.8 Å². The van der Waals surface area contributed by atoms with E-state index >= 15 is 0 Å². The van der Waals surface area contributed by atoms with Crippen LogP contribution >= 0.6 is 24.0 Å². The number of ether oxygens (including phenoxy) is 3. The zero-order valence-corrected chi connectivity index (χ0v) is 16.1. The minimum Gasteiger partial charge on any atom is -0.479 e. The predicted octanol–water partition coefficient (Wildman–Crippen LogP) is 3.20. The van der Waals surface area contributed by atoms with Gasteiger partial charge in [-0.2, -0.15) is 0 Å².